The van der Waals surface area contributed by atoms with Gasteiger partial charge < -0.3 is 9.30 Å². The van der Waals surface area contributed by atoms with Crippen molar-refractivity contribution in [3.05, 3.63) is 40.1 Å². The SMILES string of the molecule is COc1ccc(Br)cc1-c1nc(CSc2nncn2C)cs1. The van der Waals surface area contributed by atoms with Gasteiger partial charge in [-0.25, -0.2) is 4.98 Å². The molecule has 0 bridgehead atoms. The largest absolute Gasteiger partial charge is 0.496 e. The average Bonchev–Trinajstić information content (AvgIpc) is 3.14. The number of aromatic nitrogens is 4. The molecule has 114 valence electrons. The third-order valence-electron chi connectivity index (χ3n) is 2.96. The zero-order chi connectivity index (χ0) is 15.5. The van der Waals surface area contributed by atoms with E-state index in [0.29, 0.717) is 0 Å². The summed E-state index contributed by atoms with van der Waals surface area (Å²) >= 11 is 6.73. The molecule has 0 fully saturated rings. The van der Waals surface area contributed by atoms with E-state index >= 15 is 0 Å². The molecule has 5 nitrogen and oxygen atoms in total. The summed E-state index contributed by atoms with van der Waals surface area (Å²) in [6, 6.07) is 5.92. The van der Waals surface area contributed by atoms with Gasteiger partial charge in [0.25, 0.3) is 0 Å². The van der Waals surface area contributed by atoms with Crippen LogP contribution in [0.15, 0.2) is 39.5 Å². The summed E-state index contributed by atoms with van der Waals surface area (Å²) in [6.07, 6.45) is 1.70. The summed E-state index contributed by atoms with van der Waals surface area (Å²) < 4.78 is 8.32. The molecule has 0 aliphatic rings. The standard InChI is InChI=1S/C14H13BrN4OS2/c1-19-8-16-18-14(19)22-7-10-6-21-13(17-10)11-5-9(15)3-4-12(11)20-2/h3-6,8H,7H2,1-2H3. The Kier molecular flexibility index (Phi) is 4.80. The van der Waals surface area contributed by atoms with Gasteiger partial charge in [-0.05, 0) is 18.2 Å². The van der Waals surface area contributed by atoms with Crippen LogP contribution in [-0.4, -0.2) is 26.9 Å². The van der Waals surface area contributed by atoms with Gasteiger partial charge in [-0.2, -0.15) is 0 Å². The van der Waals surface area contributed by atoms with Crippen molar-refractivity contribution >= 4 is 39.0 Å². The van der Waals surface area contributed by atoms with Crippen LogP contribution in [0, 0.1) is 0 Å². The van der Waals surface area contributed by atoms with Gasteiger partial charge in [-0.15, -0.1) is 21.5 Å². The van der Waals surface area contributed by atoms with Crippen LogP contribution in [0.25, 0.3) is 10.6 Å². The lowest BCUT2D eigenvalue weighted by atomic mass is 10.2. The summed E-state index contributed by atoms with van der Waals surface area (Å²) in [5, 5.41) is 11.8. The lowest BCUT2D eigenvalue weighted by Crippen LogP contribution is -1.90. The van der Waals surface area contributed by atoms with E-state index in [0.717, 1.165) is 37.4 Å². The van der Waals surface area contributed by atoms with Crippen LogP contribution in [0.5, 0.6) is 5.75 Å². The molecule has 0 atom stereocenters. The quantitative estimate of drug-likeness (QED) is 0.609. The van der Waals surface area contributed by atoms with Crippen molar-refractivity contribution in [3.63, 3.8) is 0 Å². The first-order chi connectivity index (χ1) is 10.7. The molecule has 0 aliphatic carbocycles. The molecule has 8 heteroatoms. The number of aryl methyl sites for hydroxylation is 1. The number of thioether (sulfide) groups is 1. The average molecular weight is 397 g/mol. The summed E-state index contributed by atoms with van der Waals surface area (Å²) in [7, 11) is 3.60. The molecule has 0 spiro atoms. The predicted molar refractivity (Wildman–Crippen MR) is 92.4 cm³/mol. The highest BCUT2D eigenvalue weighted by Crippen LogP contribution is 2.35. The molecule has 3 rings (SSSR count). The second-order valence-corrected chi connectivity index (χ2v) is 7.22. The van der Waals surface area contributed by atoms with Gasteiger partial charge in [0.1, 0.15) is 17.1 Å². The fourth-order valence-corrected chi connectivity index (χ4v) is 3.97. The first-order valence-electron chi connectivity index (χ1n) is 6.42. The Bertz CT molecular complexity index is 787. The van der Waals surface area contributed by atoms with Crippen molar-refractivity contribution in [3.8, 4) is 16.3 Å². The summed E-state index contributed by atoms with van der Waals surface area (Å²) in [4.78, 5) is 4.70. The number of nitrogens with zero attached hydrogens (tertiary/aromatic N) is 4. The number of halogens is 1. The maximum absolute atomic E-state index is 5.42. The van der Waals surface area contributed by atoms with E-state index in [-0.39, 0.29) is 0 Å². The highest BCUT2D eigenvalue weighted by atomic mass is 79.9. The van der Waals surface area contributed by atoms with E-state index in [2.05, 4.69) is 31.5 Å². The zero-order valence-corrected chi connectivity index (χ0v) is 15.2. The van der Waals surface area contributed by atoms with Gasteiger partial charge in [0, 0.05) is 22.7 Å². The van der Waals surface area contributed by atoms with Crippen LogP contribution in [0.4, 0.5) is 0 Å². The molecular formula is C14H13BrN4OS2. The van der Waals surface area contributed by atoms with Crippen molar-refractivity contribution in [1.29, 1.82) is 0 Å². The molecule has 0 amide bonds. The van der Waals surface area contributed by atoms with Crippen molar-refractivity contribution in [2.45, 2.75) is 10.9 Å². The third-order valence-corrected chi connectivity index (χ3v) is 5.45. The number of thiazole rings is 1. The molecule has 2 heterocycles. The highest BCUT2D eigenvalue weighted by molar-refractivity contribution is 9.10. The third kappa shape index (κ3) is 3.34. The second-order valence-electron chi connectivity index (χ2n) is 4.50. The summed E-state index contributed by atoms with van der Waals surface area (Å²) in [5.74, 6) is 1.59. The lowest BCUT2D eigenvalue weighted by Gasteiger charge is -2.06. The van der Waals surface area contributed by atoms with Gasteiger partial charge in [-0.3, -0.25) is 0 Å². The van der Waals surface area contributed by atoms with Crippen LogP contribution < -0.4 is 4.74 Å². The Morgan fingerprint density at radius 2 is 2.27 bits per heavy atom. The second kappa shape index (κ2) is 6.80. The van der Waals surface area contributed by atoms with Gasteiger partial charge >= 0.3 is 0 Å². The number of hydrogen-bond acceptors (Lipinski definition) is 6. The van der Waals surface area contributed by atoms with E-state index in [4.69, 9.17) is 9.72 Å². The van der Waals surface area contributed by atoms with E-state index in [1.165, 1.54) is 0 Å². The van der Waals surface area contributed by atoms with Crippen LogP contribution >= 0.6 is 39.0 Å². The van der Waals surface area contributed by atoms with E-state index < -0.39 is 0 Å². The molecule has 0 unspecified atom stereocenters. The molecule has 0 N–H and O–H groups in total. The minimum atomic E-state index is 0.763. The Morgan fingerprint density at radius 3 is 3.00 bits per heavy atom. The maximum atomic E-state index is 5.42. The minimum Gasteiger partial charge on any atom is -0.496 e. The van der Waals surface area contributed by atoms with Gasteiger partial charge in [-0.1, -0.05) is 27.7 Å². The molecule has 22 heavy (non-hydrogen) atoms. The molecular weight excluding hydrogens is 384 g/mol. The lowest BCUT2D eigenvalue weighted by molar-refractivity contribution is 0.416. The minimum absolute atomic E-state index is 0.763. The topological polar surface area (TPSA) is 52.8 Å². The van der Waals surface area contributed by atoms with E-state index in [9.17, 15) is 0 Å². The van der Waals surface area contributed by atoms with Crippen molar-refractivity contribution in [2.24, 2.45) is 7.05 Å². The Balaban J connectivity index is 1.79. The molecule has 1 aromatic carbocycles. The molecule has 0 saturated heterocycles. The number of benzene rings is 1. The Labute approximate surface area is 144 Å². The maximum Gasteiger partial charge on any atom is 0.191 e. The Morgan fingerprint density at radius 1 is 1.41 bits per heavy atom. The first kappa shape index (κ1) is 15.5. The molecule has 2 aromatic heterocycles. The Hall–Kier alpha value is -1.38. The van der Waals surface area contributed by atoms with Crippen molar-refractivity contribution in [2.75, 3.05) is 7.11 Å². The molecule has 0 saturated carbocycles. The van der Waals surface area contributed by atoms with Gasteiger partial charge in [0.15, 0.2) is 5.16 Å². The van der Waals surface area contributed by atoms with E-state index in [1.54, 1.807) is 36.5 Å². The molecule has 0 radical (unpaired) electrons. The highest BCUT2D eigenvalue weighted by Gasteiger charge is 2.12. The van der Waals surface area contributed by atoms with Crippen LogP contribution in [-0.2, 0) is 12.8 Å². The van der Waals surface area contributed by atoms with Crippen molar-refractivity contribution in [1.82, 2.24) is 19.7 Å². The molecule has 0 aliphatic heterocycles. The van der Waals surface area contributed by atoms with Gasteiger partial charge in [0.2, 0.25) is 0 Å². The fourth-order valence-electron chi connectivity index (χ4n) is 1.89. The number of ether oxygens (including phenoxy) is 1. The predicted octanol–water partition coefficient (Wildman–Crippen LogP) is 4.00. The van der Waals surface area contributed by atoms with Crippen LogP contribution in [0.3, 0.4) is 0 Å². The van der Waals surface area contributed by atoms with E-state index in [1.807, 2.05) is 29.8 Å². The zero-order valence-electron chi connectivity index (χ0n) is 12.0. The summed E-state index contributed by atoms with van der Waals surface area (Å²) in [5.41, 5.74) is 2.02. The summed E-state index contributed by atoms with van der Waals surface area (Å²) in [6.45, 7) is 0. The molecule has 3 aromatic rings. The smallest absolute Gasteiger partial charge is 0.191 e. The first-order valence-corrected chi connectivity index (χ1v) is 9.08. The van der Waals surface area contributed by atoms with Crippen molar-refractivity contribution < 1.29 is 4.74 Å². The number of methoxy groups -OCH3 is 1. The van der Waals surface area contributed by atoms with Crippen LogP contribution in [0.1, 0.15) is 5.69 Å². The monoisotopic (exact) mass is 396 g/mol. The normalized spacial score (nSPS) is 10.9. The fraction of sp³-hybridized carbons (Fsp3) is 0.214. The van der Waals surface area contributed by atoms with Crippen LogP contribution in [0.2, 0.25) is 0 Å². The van der Waals surface area contributed by atoms with Gasteiger partial charge in [0.05, 0.1) is 18.4 Å². The number of hydrogen-bond donors (Lipinski definition) is 0. The number of rotatable bonds is 5.